The molecule has 0 fully saturated rings. The highest BCUT2D eigenvalue weighted by Crippen LogP contribution is 2.16. The third kappa shape index (κ3) is 1.48. The van der Waals surface area contributed by atoms with Crippen LogP contribution >= 0.6 is 0 Å². The average Bonchev–Trinajstić information content (AvgIpc) is 2.67. The first kappa shape index (κ1) is 9.64. The molecule has 7 heteroatoms. The Hall–Kier alpha value is -2.57. The fraction of sp³-hybridized carbons (Fsp3) is 0.100. The second-order valence-corrected chi connectivity index (χ2v) is 3.53. The Kier molecular flexibility index (Phi) is 1.97. The minimum Gasteiger partial charge on any atom is -0.363 e. The van der Waals surface area contributed by atoms with Crippen LogP contribution in [0.2, 0.25) is 0 Å². The van der Waals surface area contributed by atoms with Gasteiger partial charge in [-0.15, -0.1) is 5.10 Å². The van der Waals surface area contributed by atoms with Gasteiger partial charge in [0.1, 0.15) is 0 Å². The van der Waals surface area contributed by atoms with Gasteiger partial charge in [0.15, 0.2) is 5.82 Å². The minimum atomic E-state index is -0.653. The fourth-order valence-electron chi connectivity index (χ4n) is 1.65. The normalized spacial score (nSPS) is 12.7. The van der Waals surface area contributed by atoms with Crippen molar-refractivity contribution in [3.8, 4) is 5.69 Å². The van der Waals surface area contributed by atoms with Gasteiger partial charge in [-0.05, 0) is 6.07 Å². The maximum atomic E-state index is 11.0. The van der Waals surface area contributed by atoms with Crippen molar-refractivity contribution >= 4 is 12.1 Å². The van der Waals surface area contributed by atoms with E-state index in [2.05, 4.69) is 20.1 Å². The molecule has 1 aliphatic rings. The molecule has 2 aromatic rings. The lowest BCUT2D eigenvalue weighted by molar-refractivity contribution is 0.0990. The van der Waals surface area contributed by atoms with Crippen molar-refractivity contribution in [2.75, 3.05) is 0 Å². The van der Waals surface area contributed by atoms with Gasteiger partial charge in [-0.2, -0.15) is 0 Å². The van der Waals surface area contributed by atoms with Crippen LogP contribution < -0.4 is 5.73 Å². The Morgan fingerprint density at radius 1 is 1.47 bits per heavy atom. The third-order valence-electron chi connectivity index (χ3n) is 2.42. The largest absolute Gasteiger partial charge is 0.363 e. The van der Waals surface area contributed by atoms with E-state index in [1.807, 2.05) is 6.07 Å². The van der Waals surface area contributed by atoms with E-state index in [0.29, 0.717) is 12.4 Å². The monoisotopic (exact) mass is 228 g/mol. The number of aliphatic imine (C=N–C) groups is 1. The number of pyridine rings is 1. The molecule has 0 unspecified atom stereocenters. The van der Waals surface area contributed by atoms with Gasteiger partial charge >= 0.3 is 0 Å². The van der Waals surface area contributed by atoms with Gasteiger partial charge in [-0.3, -0.25) is 14.8 Å². The number of carbonyl (C=O) groups is 1. The fourth-order valence-corrected chi connectivity index (χ4v) is 1.65. The van der Waals surface area contributed by atoms with Crippen LogP contribution in [0.25, 0.3) is 5.69 Å². The molecule has 7 nitrogen and oxygen atoms in total. The zero-order valence-electron chi connectivity index (χ0n) is 8.74. The molecule has 2 aromatic heterocycles. The highest BCUT2D eigenvalue weighted by atomic mass is 16.1. The Bertz CT molecular complexity index is 629. The molecule has 0 aromatic carbocycles. The van der Waals surface area contributed by atoms with E-state index in [0.717, 1.165) is 11.3 Å². The van der Waals surface area contributed by atoms with Gasteiger partial charge in [-0.1, -0.05) is 0 Å². The van der Waals surface area contributed by atoms with Gasteiger partial charge in [0.2, 0.25) is 5.82 Å². The summed E-state index contributed by atoms with van der Waals surface area (Å²) in [5.41, 5.74) is 6.77. The Morgan fingerprint density at radius 3 is 3.18 bits per heavy atom. The molecule has 0 bridgehead atoms. The Labute approximate surface area is 96.0 Å². The first-order valence-electron chi connectivity index (χ1n) is 4.95. The Morgan fingerprint density at radius 2 is 2.35 bits per heavy atom. The van der Waals surface area contributed by atoms with Crippen LogP contribution in [0.4, 0.5) is 0 Å². The number of fused-ring (bicyclic) bond motifs is 3. The molecule has 1 aliphatic heterocycles. The molecular weight excluding hydrogens is 220 g/mol. The number of hydrogen-bond acceptors (Lipinski definition) is 5. The van der Waals surface area contributed by atoms with Gasteiger partial charge in [0, 0.05) is 18.0 Å². The predicted octanol–water partition coefficient (Wildman–Crippen LogP) is -0.306. The topological polar surface area (TPSA) is 99.1 Å². The van der Waals surface area contributed by atoms with Crippen LogP contribution in [0.5, 0.6) is 0 Å². The molecule has 0 atom stereocenters. The highest BCUT2D eigenvalue weighted by molar-refractivity contribution is 5.89. The molecule has 3 rings (SSSR count). The van der Waals surface area contributed by atoms with Crippen LogP contribution in [0.15, 0.2) is 23.5 Å². The van der Waals surface area contributed by atoms with Crippen molar-refractivity contribution in [2.24, 2.45) is 10.7 Å². The van der Waals surface area contributed by atoms with Crippen LogP contribution in [-0.2, 0) is 6.54 Å². The van der Waals surface area contributed by atoms with Crippen molar-refractivity contribution in [1.29, 1.82) is 0 Å². The lowest BCUT2D eigenvalue weighted by Crippen LogP contribution is -2.13. The van der Waals surface area contributed by atoms with Crippen molar-refractivity contribution < 1.29 is 4.79 Å². The van der Waals surface area contributed by atoms with Gasteiger partial charge in [-0.25, -0.2) is 9.67 Å². The summed E-state index contributed by atoms with van der Waals surface area (Å²) >= 11 is 0. The molecule has 84 valence electrons. The van der Waals surface area contributed by atoms with Crippen LogP contribution in [0.3, 0.4) is 0 Å². The SMILES string of the molecule is NC(=O)c1nc2n(n1)-c1cnccc1C=NC2. The number of primary amides is 1. The van der Waals surface area contributed by atoms with E-state index in [4.69, 9.17) is 5.73 Å². The quantitative estimate of drug-likeness (QED) is 0.723. The van der Waals surface area contributed by atoms with Crippen LogP contribution in [0.1, 0.15) is 22.0 Å². The number of aromatic nitrogens is 4. The number of carbonyl (C=O) groups excluding carboxylic acids is 1. The molecule has 0 saturated heterocycles. The van der Waals surface area contributed by atoms with E-state index in [-0.39, 0.29) is 5.82 Å². The Balaban J connectivity index is 2.25. The lowest BCUT2D eigenvalue weighted by Gasteiger charge is -2.03. The molecule has 2 N–H and O–H groups in total. The van der Waals surface area contributed by atoms with Crippen molar-refractivity contribution in [2.45, 2.75) is 6.54 Å². The summed E-state index contributed by atoms with van der Waals surface area (Å²) in [6, 6.07) is 1.82. The molecule has 3 heterocycles. The summed E-state index contributed by atoms with van der Waals surface area (Å²) in [6.07, 6.45) is 5.05. The van der Waals surface area contributed by atoms with Crippen LogP contribution in [-0.4, -0.2) is 31.9 Å². The summed E-state index contributed by atoms with van der Waals surface area (Å²) in [4.78, 5) is 23.3. The first-order valence-corrected chi connectivity index (χ1v) is 4.95. The van der Waals surface area contributed by atoms with E-state index in [9.17, 15) is 4.79 Å². The highest BCUT2D eigenvalue weighted by Gasteiger charge is 2.18. The standard InChI is InChI=1S/C10H8N6O/c11-9(17)10-14-8-5-13-3-6-1-2-12-4-7(6)16(8)15-10/h1-4H,5H2,(H2,11,17). The molecule has 0 aliphatic carbocycles. The van der Waals surface area contributed by atoms with Gasteiger partial charge in [0.05, 0.1) is 18.4 Å². The van der Waals surface area contributed by atoms with E-state index in [1.54, 1.807) is 23.3 Å². The van der Waals surface area contributed by atoms with Gasteiger partial charge in [0.25, 0.3) is 5.91 Å². The smallest absolute Gasteiger partial charge is 0.288 e. The average molecular weight is 228 g/mol. The molecule has 0 spiro atoms. The summed E-state index contributed by atoms with van der Waals surface area (Å²) in [5, 5.41) is 4.06. The van der Waals surface area contributed by atoms with Crippen molar-refractivity contribution in [3.63, 3.8) is 0 Å². The maximum absolute atomic E-state index is 11.0. The zero-order chi connectivity index (χ0) is 11.8. The summed E-state index contributed by atoms with van der Waals surface area (Å²) in [6.45, 7) is 0.356. The summed E-state index contributed by atoms with van der Waals surface area (Å²) in [7, 11) is 0. The number of amides is 1. The maximum Gasteiger partial charge on any atom is 0.288 e. The summed E-state index contributed by atoms with van der Waals surface area (Å²) in [5.74, 6) is -0.0892. The second-order valence-electron chi connectivity index (χ2n) is 3.53. The molecule has 17 heavy (non-hydrogen) atoms. The lowest BCUT2D eigenvalue weighted by atomic mass is 10.2. The van der Waals surface area contributed by atoms with Gasteiger partial charge < -0.3 is 5.73 Å². The predicted molar refractivity (Wildman–Crippen MR) is 59.0 cm³/mol. The van der Waals surface area contributed by atoms with E-state index >= 15 is 0 Å². The van der Waals surface area contributed by atoms with Crippen molar-refractivity contribution in [1.82, 2.24) is 19.7 Å². The third-order valence-corrected chi connectivity index (χ3v) is 2.42. The minimum absolute atomic E-state index is 0.00750. The summed E-state index contributed by atoms with van der Waals surface area (Å²) < 4.78 is 1.55. The number of nitrogens with two attached hydrogens (primary N) is 1. The van der Waals surface area contributed by atoms with Crippen LogP contribution in [0, 0.1) is 0 Å². The number of nitrogens with zero attached hydrogens (tertiary/aromatic N) is 5. The number of rotatable bonds is 1. The zero-order valence-corrected chi connectivity index (χ0v) is 8.74. The first-order chi connectivity index (χ1) is 8.25. The molecule has 1 amide bonds. The van der Waals surface area contributed by atoms with E-state index < -0.39 is 5.91 Å². The molecular formula is C10H8N6O. The molecule has 0 radical (unpaired) electrons. The second kappa shape index (κ2) is 3.48. The van der Waals surface area contributed by atoms with Crippen molar-refractivity contribution in [3.05, 3.63) is 35.7 Å². The molecule has 0 saturated carbocycles. The van der Waals surface area contributed by atoms with E-state index in [1.165, 1.54) is 0 Å². The number of hydrogen-bond donors (Lipinski definition) is 1.